The molecule has 2 N–H and O–H groups in total. The molecule has 0 aliphatic carbocycles. The minimum absolute atomic E-state index is 0.143. The van der Waals surface area contributed by atoms with Gasteiger partial charge in [-0.15, -0.1) is 0 Å². The second-order valence-corrected chi connectivity index (χ2v) is 10.7. The van der Waals surface area contributed by atoms with Gasteiger partial charge < -0.3 is 10.6 Å². The van der Waals surface area contributed by atoms with E-state index in [1.165, 1.54) is 0 Å². The van der Waals surface area contributed by atoms with Gasteiger partial charge in [0.2, 0.25) is 6.41 Å². The van der Waals surface area contributed by atoms with Gasteiger partial charge in [-0.3, -0.25) is 18.4 Å². The van der Waals surface area contributed by atoms with Crippen LogP contribution in [0, 0.1) is 6.92 Å². The Labute approximate surface area is 193 Å². The second-order valence-electron chi connectivity index (χ2n) is 6.51. The highest BCUT2D eigenvalue weighted by molar-refractivity contribution is 8.78. The van der Waals surface area contributed by atoms with Crippen LogP contribution in [0.15, 0.2) is 22.7 Å². The number of carbonyl (C=O) groups is 1. The normalized spacial score (nSPS) is 12.5. The maximum Gasteiger partial charge on any atom is 0.474 e. The van der Waals surface area contributed by atoms with E-state index >= 15 is 0 Å². The number of nitrogens with two attached hydrogens (primary N) is 1. The van der Waals surface area contributed by atoms with Crippen molar-refractivity contribution < 1.29 is 22.9 Å². The molecule has 1 aromatic rings. The number of rotatable bonds is 16. The van der Waals surface area contributed by atoms with E-state index in [4.69, 9.17) is 19.3 Å². The van der Waals surface area contributed by atoms with Crippen molar-refractivity contribution in [1.29, 1.82) is 0 Å². The lowest BCUT2D eigenvalue weighted by atomic mass is 10.2. The number of hydrogen-bond donors (Lipinski definition) is 1. The molecule has 31 heavy (non-hydrogen) atoms. The zero-order valence-corrected chi connectivity index (χ0v) is 21.5. The van der Waals surface area contributed by atoms with Crippen LogP contribution in [0.2, 0.25) is 0 Å². The summed E-state index contributed by atoms with van der Waals surface area (Å²) in [6.45, 7) is 10.2. The highest BCUT2D eigenvalue weighted by Gasteiger charge is 2.25. The summed E-state index contributed by atoms with van der Waals surface area (Å²) in [4.78, 5) is 18.7. The fourth-order valence-electron chi connectivity index (χ4n) is 2.48. The molecule has 8 nitrogen and oxygen atoms in total. The lowest BCUT2D eigenvalue weighted by Crippen LogP contribution is -2.21. The Kier molecular flexibility index (Phi) is 13.5. The predicted molar refractivity (Wildman–Crippen MR) is 129 cm³/mol. The first-order chi connectivity index (χ1) is 14.8. The maximum absolute atomic E-state index is 12.5. The highest BCUT2D eigenvalue weighted by Crippen LogP contribution is 2.49. The molecule has 0 aliphatic rings. The fraction of sp³-hybridized carbons (Fsp3) is 0.600. The number of nitrogens with zero attached hydrogens (tertiary/aromatic N) is 2. The van der Waals surface area contributed by atoms with Crippen molar-refractivity contribution in [2.75, 3.05) is 31.3 Å². The zero-order chi connectivity index (χ0) is 23.3. The van der Waals surface area contributed by atoms with Gasteiger partial charge in [-0.25, -0.2) is 9.55 Å². The summed E-state index contributed by atoms with van der Waals surface area (Å²) >= 11 is 0. The molecule has 0 fully saturated rings. The van der Waals surface area contributed by atoms with Gasteiger partial charge in [0.25, 0.3) is 0 Å². The Morgan fingerprint density at radius 2 is 1.90 bits per heavy atom. The topological polar surface area (TPSA) is 104 Å². The number of amides is 1. The van der Waals surface area contributed by atoms with Crippen molar-refractivity contribution >= 4 is 41.6 Å². The molecule has 11 heteroatoms. The Morgan fingerprint density at radius 1 is 1.23 bits per heavy atom. The number of aryl methyl sites for hydroxylation is 1. The number of aromatic nitrogens is 1. The number of phosphoric ester groups is 1. The van der Waals surface area contributed by atoms with E-state index < -0.39 is 7.82 Å². The first-order valence-electron chi connectivity index (χ1n) is 10.3. The number of phosphoric acid groups is 1. The number of allylic oxidation sites excluding steroid dienone is 1. The predicted octanol–water partition coefficient (Wildman–Crippen LogP) is 5.54. The SMILES string of the molecule is CCCSS/C(CCOP(=O)(OCC)OCC)=C(/C)N(C=O)Cc1ccc(C)nc1N. The summed E-state index contributed by atoms with van der Waals surface area (Å²) in [5.41, 5.74) is 8.41. The van der Waals surface area contributed by atoms with Crippen molar-refractivity contribution in [3.8, 4) is 0 Å². The molecule has 0 saturated carbocycles. The molecular weight excluding hydrogens is 457 g/mol. The van der Waals surface area contributed by atoms with Crippen molar-refractivity contribution in [3.63, 3.8) is 0 Å². The summed E-state index contributed by atoms with van der Waals surface area (Å²) in [6.07, 6.45) is 2.28. The van der Waals surface area contributed by atoms with Gasteiger partial charge >= 0.3 is 7.82 Å². The van der Waals surface area contributed by atoms with Crippen LogP contribution in [0.1, 0.15) is 51.8 Å². The van der Waals surface area contributed by atoms with E-state index in [1.54, 1.807) is 40.3 Å². The zero-order valence-electron chi connectivity index (χ0n) is 19.0. The Morgan fingerprint density at radius 3 is 2.45 bits per heavy atom. The monoisotopic (exact) mass is 491 g/mol. The van der Waals surface area contributed by atoms with Crippen LogP contribution in [0.3, 0.4) is 0 Å². The van der Waals surface area contributed by atoms with Crippen molar-refractivity contribution in [2.24, 2.45) is 0 Å². The van der Waals surface area contributed by atoms with Crippen LogP contribution in [0.5, 0.6) is 0 Å². The number of pyridine rings is 1. The van der Waals surface area contributed by atoms with Crippen LogP contribution >= 0.6 is 29.4 Å². The smallest absolute Gasteiger partial charge is 0.383 e. The van der Waals surface area contributed by atoms with Gasteiger partial charge in [0, 0.05) is 34.0 Å². The molecule has 0 bridgehead atoms. The molecule has 0 saturated heterocycles. The van der Waals surface area contributed by atoms with Crippen molar-refractivity contribution in [2.45, 2.75) is 54.0 Å². The average molecular weight is 492 g/mol. The van der Waals surface area contributed by atoms with Crippen molar-refractivity contribution in [1.82, 2.24) is 9.88 Å². The highest BCUT2D eigenvalue weighted by atomic mass is 33.1. The van der Waals surface area contributed by atoms with E-state index in [2.05, 4.69) is 11.9 Å². The van der Waals surface area contributed by atoms with Gasteiger partial charge in [0.15, 0.2) is 0 Å². The van der Waals surface area contributed by atoms with Gasteiger partial charge in [0.1, 0.15) is 5.82 Å². The lowest BCUT2D eigenvalue weighted by molar-refractivity contribution is -0.116. The molecule has 0 aromatic carbocycles. The number of nitrogen functional groups attached to an aromatic ring is 1. The van der Waals surface area contributed by atoms with E-state index in [0.29, 0.717) is 18.8 Å². The Balaban J connectivity index is 2.99. The third-order valence-electron chi connectivity index (χ3n) is 4.05. The fourth-order valence-corrected chi connectivity index (χ4v) is 6.23. The van der Waals surface area contributed by atoms with Crippen molar-refractivity contribution in [3.05, 3.63) is 34.0 Å². The summed E-state index contributed by atoms with van der Waals surface area (Å²) in [6, 6.07) is 3.75. The number of anilines is 1. The summed E-state index contributed by atoms with van der Waals surface area (Å²) < 4.78 is 28.4. The summed E-state index contributed by atoms with van der Waals surface area (Å²) in [5, 5.41) is 0. The first-order valence-corrected chi connectivity index (χ1v) is 14.0. The molecule has 0 atom stereocenters. The maximum atomic E-state index is 12.5. The molecule has 1 rings (SSSR count). The summed E-state index contributed by atoms with van der Waals surface area (Å²) in [7, 11) is -0.291. The van der Waals surface area contributed by atoms with E-state index in [-0.39, 0.29) is 19.8 Å². The average Bonchev–Trinajstić information content (AvgIpc) is 2.72. The second kappa shape index (κ2) is 14.9. The summed E-state index contributed by atoms with van der Waals surface area (Å²) in [5.74, 6) is 1.38. The standard InChI is InChI=1S/C20H34N3O5PS2/c1-6-13-30-31-19(11-12-28-29(25,26-7-2)27-8-3)17(5)23(15-24)14-18-10-9-16(4)22-20(18)21/h9-10,15H,6-8,11-14H2,1-5H3,(H2,21,22)/b19-17-. The minimum atomic E-state index is -3.58. The third kappa shape index (κ3) is 9.97. The van der Waals surface area contributed by atoms with E-state index in [1.807, 2.05) is 26.0 Å². The molecule has 1 heterocycles. The van der Waals surface area contributed by atoms with E-state index in [0.717, 1.165) is 40.4 Å². The lowest BCUT2D eigenvalue weighted by Gasteiger charge is -2.23. The molecule has 176 valence electrons. The van der Waals surface area contributed by atoms with Gasteiger partial charge in [-0.1, -0.05) is 34.6 Å². The van der Waals surface area contributed by atoms with Crippen LogP contribution in [-0.4, -0.2) is 41.9 Å². The molecular formula is C20H34N3O5PS2. The molecule has 1 aromatic heterocycles. The van der Waals surface area contributed by atoms with Crippen LogP contribution < -0.4 is 5.73 Å². The minimum Gasteiger partial charge on any atom is -0.383 e. The van der Waals surface area contributed by atoms with Crippen LogP contribution in [0.4, 0.5) is 5.82 Å². The number of carbonyl (C=O) groups excluding carboxylic acids is 1. The van der Waals surface area contributed by atoms with Gasteiger partial charge in [-0.2, -0.15) is 0 Å². The molecule has 1 amide bonds. The van der Waals surface area contributed by atoms with Crippen LogP contribution in [0.25, 0.3) is 0 Å². The van der Waals surface area contributed by atoms with Gasteiger partial charge in [0.05, 0.1) is 26.4 Å². The quantitative estimate of drug-likeness (QED) is 0.138. The van der Waals surface area contributed by atoms with Crippen LogP contribution in [-0.2, 0) is 29.5 Å². The number of hydrogen-bond acceptors (Lipinski definition) is 9. The van der Waals surface area contributed by atoms with E-state index in [9.17, 15) is 9.36 Å². The first kappa shape index (κ1) is 28.0. The third-order valence-corrected chi connectivity index (χ3v) is 8.55. The molecule has 0 aliphatic heterocycles. The largest absolute Gasteiger partial charge is 0.474 e. The Bertz CT molecular complexity index is 769. The van der Waals surface area contributed by atoms with Gasteiger partial charge in [-0.05, 0) is 40.2 Å². The molecule has 0 unspecified atom stereocenters. The Hall–Kier alpha value is -1.03. The molecule has 0 spiro atoms. The molecule has 0 radical (unpaired) electrons.